The number of amides is 2. The Balaban J connectivity index is 1.75. The quantitative estimate of drug-likeness (QED) is 0.515. The van der Waals surface area contributed by atoms with Crippen LogP contribution >= 0.6 is 11.8 Å². The smallest absolute Gasteiger partial charge is 0.327 e. The van der Waals surface area contributed by atoms with Crippen LogP contribution in [0.1, 0.15) is 25.5 Å². The molecule has 2 aliphatic rings. The number of aromatic hydroxyl groups is 1. The van der Waals surface area contributed by atoms with Gasteiger partial charge in [0.1, 0.15) is 23.2 Å². The van der Waals surface area contributed by atoms with Crippen LogP contribution in [-0.2, 0) is 14.4 Å². The number of carbonyl (C=O) groups excluding carboxylic acids is 2. The number of nitrogens with zero attached hydrogens (tertiary/aromatic N) is 2. The molecule has 2 saturated heterocycles. The minimum atomic E-state index is -1.06. The summed E-state index contributed by atoms with van der Waals surface area (Å²) in [5.41, 5.74) is 0.529. The zero-order chi connectivity index (χ0) is 19.2. The Labute approximate surface area is 154 Å². The SMILES string of the molecule is C=NC(C(=O)N[C@@H]1C(=O)N2[C@@H]1SC(C)(C)[C@@H]2C(=O)O)c1ccc(O)cc1. The van der Waals surface area contributed by atoms with Crippen molar-refractivity contribution in [3.8, 4) is 5.75 Å². The molecule has 0 aromatic heterocycles. The van der Waals surface area contributed by atoms with Gasteiger partial charge in [0.15, 0.2) is 6.04 Å². The molecule has 4 atom stereocenters. The fourth-order valence-corrected chi connectivity index (χ4v) is 5.00. The number of fused-ring (bicyclic) bond motifs is 1. The second-order valence-corrected chi connectivity index (χ2v) is 8.53. The van der Waals surface area contributed by atoms with Crippen molar-refractivity contribution >= 4 is 36.3 Å². The molecule has 9 heteroatoms. The highest BCUT2D eigenvalue weighted by atomic mass is 32.2. The Morgan fingerprint density at radius 2 is 1.96 bits per heavy atom. The number of aliphatic carboxylic acids is 1. The summed E-state index contributed by atoms with van der Waals surface area (Å²) in [6, 6.07) is 3.33. The predicted octanol–water partition coefficient (Wildman–Crippen LogP) is 0.766. The molecule has 2 heterocycles. The maximum Gasteiger partial charge on any atom is 0.327 e. The molecule has 3 rings (SSSR count). The van der Waals surface area contributed by atoms with E-state index in [2.05, 4.69) is 17.0 Å². The normalized spacial score (nSPS) is 27.2. The largest absolute Gasteiger partial charge is 0.508 e. The highest BCUT2D eigenvalue weighted by Crippen LogP contribution is 2.50. The summed E-state index contributed by atoms with van der Waals surface area (Å²) in [7, 11) is 0. The molecule has 0 aliphatic carbocycles. The van der Waals surface area contributed by atoms with E-state index in [1.807, 2.05) is 0 Å². The van der Waals surface area contributed by atoms with Gasteiger partial charge in [0.25, 0.3) is 0 Å². The zero-order valence-corrected chi connectivity index (χ0v) is 15.1. The highest BCUT2D eigenvalue weighted by Gasteiger charge is 2.64. The third-order valence-electron chi connectivity index (χ3n) is 4.61. The van der Waals surface area contributed by atoms with Gasteiger partial charge in [-0.05, 0) is 38.3 Å². The van der Waals surface area contributed by atoms with Gasteiger partial charge in [-0.25, -0.2) is 4.79 Å². The summed E-state index contributed by atoms with van der Waals surface area (Å²) in [4.78, 5) is 41.6. The Hall–Kier alpha value is -2.55. The average Bonchev–Trinajstić information content (AvgIpc) is 2.83. The van der Waals surface area contributed by atoms with Crippen LogP contribution in [-0.4, -0.2) is 61.8 Å². The molecule has 3 N–H and O–H groups in total. The molecule has 2 aliphatic heterocycles. The Kier molecular flexibility index (Phi) is 4.43. The van der Waals surface area contributed by atoms with Gasteiger partial charge >= 0.3 is 5.97 Å². The number of hydrogen-bond acceptors (Lipinski definition) is 6. The Bertz CT molecular complexity index is 779. The molecule has 1 unspecified atom stereocenters. The van der Waals surface area contributed by atoms with Gasteiger partial charge in [-0.3, -0.25) is 14.6 Å². The number of hydrogen-bond donors (Lipinski definition) is 3. The van der Waals surface area contributed by atoms with E-state index in [1.165, 1.54) is 28.8 Å². The number of phenolic OH excluding ortho intramolecular Hbond substituents is 1. The van der Waals surface area contributed by atoms with Crippen LogP contribution in [0, 0.1) is 0 Å². The second kappa shape index (κ2) is 6.31. The maximum atomic E-state index is 12.6. The van der Waals surface area contributed by atoms with E-state index in [0.29, 0.717) is 5.56 Å². The number of rotatable bonds is 5. The number of aliphatic imine (C=N–C) groups is 1. The standard InChI is InChI=1S/C17H19N3O5S/c1-17(2)12(16(24)25)20-14(23)11(15(20)26-17)19-13(22)10(18-3)8-4-6-9(21)7-5-8/h4-7,10-12,15,21H,3H2,1-2H3,(H,19,22)(H,24,25)/t10?,11-,12+,15-/m1/s1. The highest BCUT2D eigenvalue weighted by molar-refractivity contribution is 8.01. The first-order valence-corrected chi connectivity index (χ1v) is 8.83. The first-order chi connectivity index (χ1) is 12.2. The number of thioether (sulfide) groups is 1. The van der Waals surface area contributed by atoms with Crippen LogP contribution in [0.4, 0.5) is 0 Å². The molecular formula is C17H19N3O5S. The average molecular weight is 377 g/mol. The molecule has 2 amide bonds. The van der Waals surface area contributed by atoms with Crippen LogP contribution in [0.5, 0.6) is 5.75 Å². The van der Waals surface area contributed by atoms with Crippen LogP contribution < -0.4 is 5.32 Å². The third-order valence-corrected chi connectivity index (χ3v) is 6.18. The molecule has 0 saturated carbocycles. The van der Waals surface area contributed by atoms with E-state index >= 15 is 0 Å². The van der Waals surface area contributed by atoms with Gasteiger partial charge < -0.3 is 20.4 Å². The number of carboxylic acids is 1. The van der Waals surface area contributed by atoms with Gasteiger partial charge in [-0.15, -0.1) is 11.8 Å². The summed E-state index contributed by atoms with van der Waals surface area (Å²) < 4.78 is -0.654. The van der Waals surface area contributed by atoms with Crippen LogP contribution in [0.2, 0.25) is 0 Å². The van der Waals surface area contributed by atoms with Crippen molar-refractivity contribution in [1.82, 2.24) is 10.2 Å². The number of nitrogens with one attached hydrogen (secondary N) is 1. The summed E-state index contributed by atoms with van der Waals surface area (Å²) >= 11 is 1.36. The number of benzene rings is 1. The molecule has 0 bridgehead atoms. The second-order valence-electron chi connectivity index (χ2n) is 6.76. The van der Waals surface area contributed by atoms with Crippen molar-refractivity contribution in [1.29, 1.82) is 0 Å². The summed E-state index contributed by atoms with van der Waals surface area (Å²) in [6.07, 6.45) is 0. The zero-order valence-electron chi connectivity index (χ0n) is 14.2. The molecule has 8 nitrogen and oxygen atoms in total. The molecular weight excluding hydrogens is 358 g/mol. The van der Waals surface area contributed by atoms with E-state index in [0.717, 1.165) is 0 Å². The summed E-state index contributed by atoms with van der Waals surface area (Å²) in [6.45, 7) is 6.96. The summed E-state index contributed by atoms with van der Waals surface area (Å²) in [5.74, 6) is -1.91. The van der Waals surface area contributed by atoms with Crippen molar-refractivity contribution in [2.24, 2.45) is 4.99 Å². The minimum absolute atomic E-state index is 0.0612. The number of carboxylic acid groups (broad SMARTS) is 1. The van der Waals surface area contributed by atoms with Crippen molar-refractivity contribution in [3.05, 3.63) is 29.8 Å². The van der Waals surface area contributed by atoms with Crippen molar-refractivity contribution in [2.75, 3.05) is 0 Å². The van der Waals surface area contributed by atoms with E-state index in [9.17, 15) is 24.6 Å². The number of phenols is 1. The Morgan fingerprint density at radius 1 is 1.35 bits per heavy atom. The molecule has 0 radical (unpaired) electrons. The fourth-order valence-electron chi connectivity index (χ4n) is 3.37. The van der Waals surface area contributed by atoms with E-state index in [-0.39, 0.29) is 5.75 Å². The van der Waals surface area contributed by atoms with E-state index in [1.54, 1.807) is 26.0 Å². The lowest BCUT2D eigenvalue weighted by Gasteiger charge is -2.43. The third kappa shape index (κ3) is 2.82. The minimum Gasteiger partial charge on any atom is -0.508 e. The molecule has 1 aromatic carbocycles. The first-order valence-electron chi connectivity index (χ1n) is 7.95. The van der Waals surface area contributed by atoms with Gasteiger partial charge in [0.05, 0.1) is 0 Å². The van der Waals surface area contributed by atoms with Crippen molar-refractivity contribution in [2.45, 2.75) is 42.1 Å². The van der Waals surface area contributed by atoms with Gasteiger partial charge in [-0.2, -0.15) is 0 Å². The van der Waals surface area contributed by atoms with Gasteiger partial charge in [0, 0.05) is 4.75 Å². The molecule has 1 aromatic rings. The molecule has 26 heavy (non-hydrogen) atoms. The first kappa shape index (κ1) is 18.2. The lowest BCUT2D eigenvalue weighted by atomic mass is 9.95. The topological polar surface area (TPSA) is 119 Å². The van der Waals surface area contributed by atoms with E-state index in [4.69, 9.17) is 0 Å². The number of β-lactam (4-membered cyclic amide) rings is 1. The van der Waals surface area contributed by atoms with Crippen LogP contribution in [0.15, 0.2) is 29.3 Å². The van der Waals surface area contributed by atoms with E-state index < -0.39 is 46.0 Å². The molecule has 2 fully saturated rings. The fraction of sp³-hybridized carbons (Fsp3) is 0.412. The van der Waals surface area contributed by atoms with Crippen LogP contribution in [0.3, 0.4) is 0 Å². The van der Waals surface area contributed by atoms with Crippen LogP contribution in [0.25, 0.3) is 0 Å². The maximum absolute atomic E-state index is 12.6. The number of carbonyl (C=O) groups is 3. The molecule has 138 valence electrons. The lowest BCUT2D eigenvalue weighted by molar-refractivity contribution is -0.161. The van der Waals surface area contributed by atoms with Crippen molar-refractivity contribution < 1.29 is 24.6 Å². The molecule has 0 spiro atoms. The lowest BCUT2D eigenvalue weighted by Crippen LogP contribution is -2.70. The van der Waals surface area contributed by atoms with Gasteiger partial charge in [0.2, 0.25) is 11.8 Å². The Morgan fingerprint density at radius 3 is 2.50 bits per heavy atom. The predicted molar refractivity (Wildman–Crippen MR) is 96.1 cm³/mol. The monoisotopic (exact) mass is 377 g/mol. The van der Waals surface area contributed by atoms with Gasteiger partial charge in [-0.1, -0.05) is 12.1 Å². The summed E-state index contributed by atoms with van der Waals surface area (Å²) in [5, 5.41) is 21.0. The van der Waals surface area contributed by atoms with Crippen molar-refractivity contribution in [3.63, 3.8) is 0 Å².